The summed E-state index contributed by atoms with van der Waals surface area (Å²) in [5.74, 6) is 0.0256. The molecular formula is C17H26ClN3O2. The highest BCUT2D eigenvalue weighted by Gasteiger charge is 2.26. The number of aliphatic hydroxyl groups excluding tert-OH is 1. The molecule has 1 aromatic carbocycles. The van der Waals surface area contributed by atoms with Gasteiger partial charge in [0.1, 0.15) is 6.10 Å². The zero-order valence-corrected chi connectivity index (χ0v) is 14.1. The Kier molecular flexibility index (Phi) is 7.30. The number of halogens is 1. The third-order valence-electron chi connectivity index (χ3n) is 4.45. The summed E-state index contributed by atoms with van der Waals surface area (Å²) >= 11 is 6.04. The van der Waals surface area contributed by atoms with Crippen molar-refractivity contribution < 1.29 is 9.90 Å². The van der Waals surface area contributed by atoms with E-state index in [1.54, 1.807) is 6.07 Å². The number of hydrogen-bond donors (Lipinski definition) is 4. The van der Waals surface area contributed by atoms with Crippen LogP contribution in [0.5, 0.6) is 0 Å². The fraction of sp³-hybridized carbons (Fsp3) is 0.588. The highest BCUT2D eigenvalue weighted by atomic mass is 35.5. The molecule has 1 amide bonds. The van der Waals surface area contributed by atoms with Crippen molar-refractivity contribution in [2.24, 2.45) is 11.7 Å². The SMILES string of the molecule is NC(CC1CCCCC1)C(O)C(=O)NNCc1ccccc1Cl. The second-order valence-corrected chi connectivity index (χ2v) is 6.69. The van der Waals surface area contributed by atoms with Crippen LogP contribution in [-0.2, 0) is 11.3 Å². The van der Waals surface area contributed by atoms with Gasteiger partial charge < -0.3 is 10.8 Å². The largest absolute Gasteiger partial charge is 0.382 e. The second-order valence-electron chi connectivity index (χ2n) is 6.28. The van der Waals surface area contributed by atoms with E-state index in [1.165, 1.54) is 19.3 Å². The van der Waals surface area contributed by atoms with Gasteiger partial charge in [-0.3, -0.25) is 10.2 Å². The minimum absolute atomic E-state index is 0.385. The first-order valence-electron chi connectivity index (χ1n) is 8.27. The lowest BCUT2D eigenvalue weighted by atomic mass is 9.84. The number of hydrogen-bond acceptors (Lipinski definition) is 4. The monoisotopic (exact) mass is 339 g/mol. The molecule has 23 heavy (non-hydrogen) atoms. The molecule has 2 atom stereocenters. The molecule has 5 N–H and O–H groups in total. The average molecular weight is 340 g/mol. The van der Waals surface area contributed by atoms with Gasteiger partial charge in [-0.05, 0) is 24.0 Å². The first kappa shape index (κ1) is 18.2. The fourth-order valence-corrected chi connectivity index (χ4v) is 3.28. The van der Waals surface area contributed by atoms with Crippen molar-refractivity contribution in [1.82, 2.24) is 10.9 Å². The summed E-state index contributed by atoms with van der Waals surface area (Å²) in [4.78, 5) is 12.0. The molecule has 0 saturated heterocycles. The number of nitrogens with one attached hydrogen (secondary N) is 2. The van der Waals surface area contributed by atoms with Crippen LogP contribution in [0.4, 0.5) is 0 Å². The van der Waals surface area contributed by atoms with Crippen molar-refractivity contribution in [3.8, 4) is 0 Å². The number of carbonyl (C=O) groups is 1. The van der Waals surface area contributed by atoms with E-state index >= 15 is 0 Å². The Morgan fingerprint density at radius 3 is 2.70 bits per heavy atom. The molecule has 1 saturated carbocycles. The van der Waals surface area contributed by atoms with Crippen molar-refractivity contribution in [3.05, 3.63) is 34.9 Å². The first-order chi connectivity index (χ1) is 11.1. The van der Waals surface area contributed by atoms with Crippen molar-refractivity contribution in [3.63, 3.8) is 0 Å². The van der Waals surface area contributed by atoms with Gasteiger partial charge in [-0.1, -0.05) is 61.9 Å². The number of nitrogens with two attached hydrogens (primary N) is 1. The summed E-state index contributed by atoms with van der Waals surface area (Å²) in [6.07, 6.45) is 5.51. The van der Waals surface area contributed by atoms with Crippen LogP contribution in [-0.4, -0.2) is 23.2 Å². The standard InChI is InChI=1S/C17H26ClN3O2/c18-14-9-5-4-8-13(14)11-20-21-17(23)16(22)15(19)10-12-6-2-1-3-7-12/h4-5,8-9,12,15-16,20,22H,1-3,6-7,10-11,19H2,(H,21,23). The van der Waals surface area contributed by atoms with Crippen molar-refractivity contribution in [2.45, 2.75) is 57.2 Å². The molecule has 0 spiro atoms. The normalized spacial score (nSPS) is 18.4. The topological polar surface area (TPSA) is 87.4 Å². The lowest BCUT2D eigenvalue weighted by molar-refractivity contribution is -0.131. The maximum Gasteiger partial charge on any atom is 0.264 e. The summed E-state index contributed by atoms with van der Waals surface area (Å²) in [5, 5.41) is 10.7. The number of rotatable bonds is 7. The zero-order chi connectivity index (χ0) is 16.7. The number of aliphatic hydroxyl groups is 1. The molecule has 128 valence electrons. The molecule has 6 heteroatoms. The molecule has 1 aliphatic carbocycles. The molecule has 0 aliphatic heterocycles. The third kappa shape index (κ3) is 5.77. The summed E-state index contributed by atoms with van der Waals surface area (Å²) in [5.41, 5.74) is 12.1. The molecule has 0 radical (unpaired) electrons. The predicted octanol–water partition coefficient (Wildman–Crippen LogP) is 2.12. The Morgan fingerprint density at radius 2 is 2.00 bits per heavy atom. The van der Waals surface area contributed by atoms with Crippen LogP contribution in [0.3, 0.4) is 0 Å². The minimum Gasteiger partial charge on any atom is -0.382 e. The average Bonchev–Trinajstić information content (AvgIpc) is 2.56. The van der Waals surface area contributed by atoms with E-state index in [1.807, 2.05) is 18.2 Å². The van der Waals surface area contributed by atoms with Crippen molar-refractivity contribution in [1.29, 1.82) is 0 Å². The summed E-state index contributed by atoms with van der Waals surface area (Å²) < 4.78 is 0. The van der Waals surface area contributed by atoms with Gasteiger partial charge in [0, 0.05) is 17.6 Å². The van der Waals surface area contributed by atoms with Crippen LogP contribution in [0.25, 0.3) is 0 Å². The van der Waals surface area contributed by atoms with Crippen LogP contribution in [0.2, 0.25) is 5.02 Å². The van der Waals surface area contributed by atoms with Crippen LogP contribution >= 0.6 is 11.6 Å². The van der Waals surface area contributed by atoms with Gasteiger partial charge in [0.2, 0.25) is 0 Å². The fourth-order valence-electron chi connectivity index (χ4n) is 3.07. The van der Waals surface area contributed by atoms with Crippen LogP contribution in [0, 0.1) is 5.92 Å². The molecule has 1 aromatic rings. The highest BCUT2D eigenvalue weighted by molar-refractivity contribution is 6.31. The Bertz CT molecular complexity index is 506. The van der Waals surface area contributed by atoms with Crippen molar-refractivity contribution >= 4 is 17.5 Å². The summed E-state index contributed by atoms with van der Waals surface area (Å²) in [6.45, 7) is 0.385. The lowest BCUT2D eigenvalue weighted by Gasteiger charge is -2.26. The summed E-state index contributed by atoms with van der Waals surface area (Å²) in [7, 11) is 0. The molecule has 0 aromatic heterocycles. The van der Waals surface area contributed by atoms with E-state index in [0.29, 0.717) is 23.9 Å². The molecule has 1 aliphatic rings. The smallest absolute Gasteiger partial charge is 0.264 e. The Hall–Kier alpha value is -1.14. The van der Waals surface area contributed by atoms with Crippen LogP contribution in [0.1, 0.15) is 44.1 Å². The molecule has 1 fully saturated rings. The number of amides is 1. The van der Waals surface area contributed by atoms with E-state index in [9.17, 15) is 9.90 Å². The molecule has 0 heterocycles. The van der Waals surface area contributed by atoms with E-state index in [2.05, 4.69) is 10.9 Å². The van der Waals surface area contributed by atoms with E-state index < -0.39 is 18.1 Å². The maximum absolute atomic E-state index is 12.0. The predicted molar refractivity (Wildman–Crippen MR) is 91.6 cm³/mol. The highest BCUT2D eigenvalue weighted by Crippen LogP contribution is 2.27. The molecule has 5 nitrogen and oxygen atoms in total. The van der Waals surface area contributed by atoms with Crippen molar-refractivity contribution in [2.75, 3.05) is 0 Å². The van der Waals surface area contributed by atoms with E-state index in [-0.39, 0.29) is 0 Å². The van der Waals surface area contributed by atoms with Gasteiger partial charge in [-0.25, -0.2) is 5.43 Å². The van der Waals surface area contributed by atoms with Gasteiger partial charge in [0.05, 0.1) is 0 Å². The van der Waals surface area contributed by atoms with Gasteiger partial charge >= 0.3 is 0 Å². The quantitative estimate of drug-likeness (QED) is 0.573. The van der Waals surface area contributed by atoms with Gasteiger partial charge in [-0.2, -0.15) is 0 Å². The van der Waals surface area contributed by atoms with Crippen LogP contribution in [0.15, 0.2) is 24.3 Å². The Labute approximate surface area is 142 Å². The third-order valence-corrected chi connectivity index (χ3v) is 4.82. The first-order valence-corrected chi connectivity index (χ1v) is 8.65. The zero-order valence-electron chi connectivity index (χ0n) is 13.3. The molecule has 0 bridgehead atoms. The molecule has 2 rings (SSSR count). The van der Waals surface area contributed by atoms with E-state index in [4.69, 9.17) is 17.3 Å². The Morgan fingerprint density at radius 1 is 1.30 bits per heavy atom. The van der Waals surface area contributed by atoms with E-state index in [0.717, 1.165) is 18.4 Å². The maximum atomic E-state index is 12.0. The summed E-state index contributed by atoms with van der Waals surface area (Å²) in [6, 6.07) is 6.85. The second kappa shape index (κ2) is 9.23. The van der Waals surface area contributed by atoms with Gasteiger partial charge in [0.25, 0.3) is 5.91 Å². The lowest BCUT2D eigenvalue weighted by Crippen LogP contribution is -2.50. The number of hydrazine groups is 1. The minimum atomic E-state index is -1.20. The van der Waals surface area contributed by atoms with Gasteiger partial charge in [0.15, 0.2) is 0 Å². The van der Waals surface area contributed by atoms with Crippen LogP contribution < -0.4 is 16.6 Å². The number of carbonyl (C=O) groups excluding carboxylic acids is 1. The Balaban J connectivity index is 1.72. The van der Waals surface area contributed by atoms with Gasteiger partial charge in [-0.15, -0.1) is 0 Å². The molecule has 2 unspecified atom stereocenters. The number of benzene rings is 1. The molecular weight excluding hydrogens is 314 g/mol.